The number of fused-ring (bicyclic) bond motifs is 3. The summed E-state index contributed by atoms with van der Waals surface area (Å²) >= 11 is 0. The summed E-state index contributed by atoms with van der Waals surface area (Å²) in [5.74, 6) is -10.3. The van der Waals surface area contributed by atoms with Gasteiger partial charge in [0.05, 0.1) is 31.2 Å². The highest BCUT2D eigenvalue weighted by molar-refractivity contribution is 6.39. The van der Waals surface area contributed by atoms with Crippen molar-refractivity contribution in [2.24, 2.45) is 29.6 Å². The van der Waals surface area contributed by atoms with Gasteiger partial charge in [0.2, 0.25) is 5.79 Å². The highest BCUT2D eigenvalue weighted by atomic mass is 16.6. The third kappa shape index (κ3) is 16.6. The molecule has 17 nitrogen and oxygen atoms in total. The fraction of sp³-hybridized carbons (Fsp3) is 0.722. The molecule has 3 aliphatic heterocycles. The van der Waals surface area contributed by atoms with Gasteiger partial charge in [-0.1, -0.05) is 64.2 Å². The summed E-state index contributed by atoms with van der Waals surface area (Å²) in [6.45, 7) is 10.5. The van der Waals surface area contributed by atoms with Crippen molar-refractivity contribution in [2.45, 2.75) is 192 Å². The van der Waals surface area contributed by atoms with Gasteiger partial charge in [-0.3, -0.25) is 28.8 Å². The Kier molecular flexibility index (Phi) is 23.5. The molecule has 1 aliphatic carbocycles. The molecule has 3 N–H and O–H groups in total. The minimum Gasteiger partial charge on any atom is -0.481 e. The highest BCUT2D eigenvalue weighted by Gasteiger charge is 2.53. The number of aliphatic hydroxyl groups excluding tert-OH is 1. The van der Waals surface area contributed by atoms with Crippen molar-refractivity contribution in [1.82, 2.24) is 4.90 Å². The smallest absolute Gasteiger partial charge is 0.329 e. The molecule has 3 fully saturated rings. The van der Waals surface area contributed by atoms with Crippen molar-refractivity contribution in [3.05, 3.63) is 47.6 Å². The van der Waals surface area contributed by atoms with Crippen LogP contribution in [0.4, 0.5) is 0 Å². The monoisotopic (exact) mass is 1000 g/mol. The maximum absolute atomic E-state index is 14.5. The lowest BCUT2D eigenvalue weighted by Crippen LogP contribution is -2.61. The zero-order valence-electron chi connectivity index (χ0n) is 43.4. The van der Waals surface area contributed by atoms with Crippen molar-refractivity contribution in [3.63, 3.8) is 0 Å². The number of carbonyl (C=O) groups excluding carboxylic acids is 6. The molecule has 1 saturated carbocycles. The number of carboxylic acids is 1. The summed E-state index contributed by atoms with van der Waals surface area (Å²) < 4.78 is 35.1. The number of allylic oxidation sites excluding steroid dienone is 6. The maximum Gasteiger partial charge on any atom is 0.329 e. The lowest BCUT2D eigenvalue weighted by atomic mass is 9.78. The normalized spacial score (nSPS) is 35.6. The zero-order valence-corrected chi connectivity index (χ0v) is 43.4. The number of ketones is 3. The van der Waals surface area contributed by atoms with Gasteiger partial charge in [-0.05, 0) is 107 Å². The van der Waals surface area contributed by atoms with Crippen molar-refractivity contribution in [1.29, 1.82) is 0 Å². The lowest BCUT2D eigenvalue weighted by molar-refractivity contribution is -0.265. The van der Waals surface area contributed by atoms with E-state index < -0.39 is 108 Å². The molecule has 2 bridgehead atoms. The first-order chi connectivity index (χ1) is 33.6. The number of aliphatic hydroxyl groups is 2. The van der Waals surface area contributed by atoms with E-state index in [0.717, 1.165) is 10.5 Å². The molecular formula is C54H81NO16. The molecule has 0 aromatic carbocycles. The molecule has 0 spiro atoms. The van der Waals surface area contributed by atoms with Crippen molar-refractivity contribution in [2.75, 3.05) is 27.9 Å². The van der Waals surface area contributed by atoms with E-state index in [1.165, 1.54) is 14.2 Å². The summed E-state index contributed by atoms with van der Waals surface area (Å²) in [6.07, 6.45) is 9.87. The predicted molar refractivity (Wildman–Crippen MR) is 261 cm³/mol. The van der Waals surface area contributed by atoms with Gasteiger partial charge in [-0.25, -0.2) is 4.79 Å². The van der Waals surface area contributed by atoms with Crippen LogP contribution in [-0.4, -0.2) is 144 Å². The molecule has 0 radical (unpaired) electrons. The van der Waals surface area contributed by atoms with E-state index in [1.807, 2.05) is 44.2 Å². The quantitative estimate of drug-likeness (QED) is 0.123. The van der Waals surface area contributed by atoms with Gasteiger partial charge in [0.25, 0.3) is 11.7 Å². The minimum absolute atomic E-state index is 0.0210. The molecule has 398 valence electrons. The van der Waals surface area contributed by atoms with Crippen LogP contribution in [0.2, 0.25) is 0 Å². The van der Waals surface area contributed by atoms with Crippen LogP contribution in [0.3, 0.4) is 0 Å². The average Bonchev–Trinajstić information content (AvgIpc) is 3.34. The summed E-state index contributed by atoms with van der Waals surface area (Å²) in [5, 5.41) is 32.4. The number of Topliss-reactive ketones (excluding diaryl/α,β-unsaturated/α-hetero) is 3. The fourth-order valence-electron chi connectivity index (χ4n) is 10.3. The molecule has 1 amide bonds. The number of piperidine rings is 1. The Labute approximate surface area is 419 Å². The number of methoxy groups -OCH3 is 3. The molecule has 4 rings (SSSR count). The predicted octanol–water partition coefficient (Wildman–Crippen LogP) is 6.35. The topological polar surface area (TPSA) is 239 Å². The third-order valence-corrected chi connectivity index (χ3v) is 15.0. The summed E-state index contributed by atoms with van der Waals surface area (Å²) in [7, 11) is 4.42. The highest BCUT2D eigenvalue weighted by Crippen LogP contribution is 2.38. The second-order valence-corrected chi connectivity index (χ2v) is 20.4. The first-order valence-electron chi connectivity index (χ1n) is 25.5. The maximum atomic E-state index is 14.5. The number of rotatable bonds is 10. The van der Waals surface area contributed by atoms with E-state index in [2.05, 4.69) is 0 Å². The Morgan fingerprint density at radius 2 is 1.59 bits per heavy atom. The van der Waals surface area contributed by atoms with Crippen LogP contribution in [0.5, 0.6) is 0 Å². The van der Waals surface area contributed by atoms with E-state index in [0.29, 0.717) is 76.2 Å². The number of ether oxygens (including phenoxy) is 6. The van der Waals surface area contributed by atoms with Crippen LogP contribution < -0.4 is 0 Å². The molecule has 4 aliphatic rings. The fourth-order valence-corrected chi connectivity index (χ4v) is 10.3. The summed E-state index contributed by atoms with van der Waals surface area (Å²) in [4.78, 5) is 95.5. The van der Waals surface area contributed by atoms with E-state index in [4.69, 9.17) is 33.5 Å². The van der Waals surface area contributed by atoms with E-state index in [9.17, 15) is 43.8 Å². The summed E-state index contributed by atoms with van der Waals surface area (Å²) in [5.41, 5.74) is 1.21. The molecule has 71 heavy (non-hydrogen) atoms. The van der Waals surface area contributed by atoms with E-state index in [1.54, 1.807) is 40.9 Å². The van der Waals surface area contributed by atoms with Crippen LogP contribution in [0.15, 0.2) is 47.6 Å². The average molecular weight is 1000 g/mol. The van der Waals surface area contributed by atoms with Crippen LogP contribution >= 0.6 is 0 Å². The second kappa shape index (κ2) is 28.2. The van der Waals surface area contributed by atoms with Crippen molar-refractivity contribution in [3.8, 4) is 0 Å². The Hall–Kier alpha value is -4.39. The van der Waals surface area contributed by atoms with Gasteiger partial charge >= 0.3 is 17.9 Å². The number of carbonyl (C=O) groups is 7. The number of hydrogen-bond acceptors (Lipinski definition) is 15. The van der Waals surface area contributed by atoms with Crippen LogP contribution in [-0.2, 0) is 62.0 Å². The minimum atomic E-state index is -2.46. The number of esters is 2. The Morgan fingerprint density at radius 1 is 0.859 bits per heavy atom. The van der Waals surface area contributed by atoms with E-state index >= 15 is 0 Å². The first kappa shape index (κ1) is 59.2. The lowest BCUT2D eigenvalue weighted by Gasteiger charge is -2.42. The van der Waals surface area contributed by atoms with Gasteiger partial charge in [0.15, 0.2) is 5.78 Å². The van der Waals surface area contributed by atoms with Crippen LogP contribution in [0.1, 0.15) is 138 Å². The number of nitrogens with zero attached hydrogens (tertiary/aromatic N) is 1. The number of carboxylic acid groups (broad SMARTS) is 1. The Bertz CT molecular complexity index is 1980. The molecule has 17 heteroatoms. The van der Waals surface area contributed by atoms with Gasteiger partial charge in [-0.15, -0.1) is 0 Å². The number of cyclic esters (lactones) is 1. The molecular weight excluding hydrogens is 919 g/mol. The number of amides is 1. The Morgan fingerprint density at radius 3 is 2.27 bits per heavy atom. The molecule has 0 aromatic heterocycles. The molecule has 2 saturated heterocycles. The SMILES string of the molecule is CO[C@H]1C[C@@H]2CC[C@@H](C)[C@@](O)(O2)C(=O)C(=O)N2CCCC[C@H]2C(=O)O[C@H]([C@H](C)C[C@@H]2CC[C@@H](OC(=O)CCC(=O)O)[C@H](OC)C2)CC(=O)[C@H](C)/C=C(\C)[C@@H](O)[C@@H](OC)C(=O)[C@H](C)CC/C=C/C=CC=C1C. The largest absolute Gasteiger partial charge is 0.481 e. The number of aliphatic carboxylic acids is 1. The van der Waals surface area contributed by atoms with E-state index in [-0.39, 0.29) is 49.7 Å². The Balaban J connectivity index is 1.67. The second-order valence-electron chi connectivity index (χ2n) is 20.4. The van der Waals surface area contributed by atoms with Gasteiger partial charge < -0.3 is 48.6 Å². The van der Waals surface area contributed by atoms with Gasteiger partial charge in [0, 0.05) is 58.5 Å². The van der Waals surface area contributed by atoms with Gasteiger partial charge in [-0.2, -0.15) is 0 Å². The van der Waals surface area contributed by atoms with Crippen LogP contribution in [0.25, 0.3) is 0 Å². The third-order valence-electron chi connectivity index (χ3n) is 15.0. The molecule has 0 unspecified atom stereocenters. The standard InChI is InChI=1S/C54H81NO16/c1-32-17-13-11-10-12-14-18-33(2)48(60)50(68-9)49(61)36(5)27-34(3)41(56)31-44(35(4)28-38-21-23-42(45(29-38)67-8)69-47(59)25-24-46(57)58)70-53(64)40-19-15-16-26-55(40)52(63)51(62)54(65)37(6)20-22-39(71-54)30-43(32)66-7/h10-13,17,27,33-35,37-40,42-45,49-50,61,65H,14-16,18-26,28-31H2,1-9H3,(H,57,58)/b12-10+,13-11?,32-17?,36-27+/t33-,34-,35-,37-,38+,39+,40+,42-,43+,44+,45-,49-,50+,54-/m1/s1. The zero-order chi connectivity index (χ0) is 52.6. The molecule has 0 aromatic rings. The van der Waals surface area contributed by atoms with Crippen molar-refractivity contribution < 1.29 is 77.3 Å². The first-order valence-corrected chi connectivity index (χ1v) is 25.5. The van der Waals surface area contributed by atoms with Crippen LogP contribution in [0, 0.1) is 29.6 Å². The van der Waals surface area contributed by atoms with Gasteiger partial charge in [0.1, 0.15) is 36.2 Å². The molecule has 14 atom stereocenters. The van der Waals surface area contributed by atoms with Crippen molar-refractivity contribution >= 4 is 41.2 Å². The number of hydrogen-bond donors (Lipinski definition) is 3. The summed E-state index contributed by atoms with van der Waals surface area (Å²) in [6, 6.07) is -1.20. The molecule has 3 heterocycles.